The number of nitrogens with zero attached hydrogens (tertiary/aromatic N) is 3. The Labute approximate surface area is 243 Å². The number of carbonyl (C=O) groups is 1. The molecule has 2 aromatic carbocycles. The maximum absolute atomic E-state index is 13.5. The first-order chi connectivity index (χ1) is 19.3. The molecule has 6 nitrogen and oxygen atoms in total. The number of amides is 1. The lowest BCUT2D eigenvalue weighted by atomic mass is 9.77. The van der Waals surface area contributed by atoms with Crippen LogP contribution in [0.3, 0.4) is 0 Å². The minimum Gasteiger partial charge on any atom is -0.493 e. The number of aryl methyl sites for hydroxylation is 2. The zero-order valence-corrected chi connectivity index (χ0v) is 24.9. The molecule has 0 bridgehead atoms. The molecular weight excluding hydrogens is 522 g/mol. The first-order valence-electron chi connectivity index (χ1n) is 14.5. The quantitative estimate of drug-likeness (QED) is 0.319. The largest absolute Gasteiger partial charge is 0.493 e. The fourth-order valence-corrected chi connectivity index (χ4v) is 6.35. The summed E-state index contributed by atoms with van der Waals surface area (Å²) in [5, 5.41) is 0.735. The van der Waals surface area contributed by atoms with Gasteiger partial charge in [0.2, 0.25) is 5.91 Å². The fourth-order valence-electron chi connectivity index (χ4n) is 6.23. The van der Waals surface area contributed by atoms with E-state index in [9.17, 15) is 4.79 Å². The van der Waals surface area contributed by atoms with E-state index in [0.717, 1.165) is 55.4 Å². The van der Waals surface area contributed by atoms with Gasteiger partial charge in [0.05, 0.1) is 19.8 Å². The van der Waals surface area contributed by atoms with Crippen molar-refractivity contribution in [2.75, 3.05) is 46.0 Å². The lowest BCUT2D eigenvalue weighted by Gasteiger charge is -2.43. The van der Waals surface area contributed by atoms with Crippen molar-refractivity contribution in [1.82, 2.24) is 14.4 Å². The highest BCUT2D eigenvalue weighted by molar-refractivity contribution is 6.31. The van der Waals surface area contributed by atoms with Crippen molar-refractivity contribution in [3.05, 3.63) is 87.7 Å². The molecule has 3 aromatic rings. The number of halogens is 1. The molecule has 7 heteroatoms. The van der Waals surface area contributed by atoms with Gasteiger partial charge >= 0.3 is 0 Å². The molecule has 2 fully saturated rings. The second-order valence-corrected chi connectivity index (χ2v) is 12.1. The van der Waals surface area contributed by atoms with Crippen LogP contribution < -0.4 is 4.74 Å². The molecule has 2 aliphatic rings. The molecule has 2 aliphatic heterocycles. The first-order valence-corrected chi connectivity index (χ1v) is 14.9. The maximum atomic E-state index is 13.5. The summed E-state index contributed by atoms with van der Waals surface area (Å²) in [5.41, 5.74) is 6.01. The smallest absolute Gasteiger partial charge is 0.223 e. The topological polar surface area (TPSA) is 46.9 Å². The third-order valence-corrected chi connectivity index (χ3v) is 8.98. The Balaban J connectivity index is 1.33. The summed E-state index contributed by atoms with van der Waals surface area (Å²) in [7, 11) is 0. The van der Waals surface area contributed by atoms with Gasteiger partial charge < -0.3 is 18.9 Å². The van der Waals surface area contributed by atoms with Crippen LogP contribution in [-0.2, 0) is 22.6 Å². The molecule has 0 saturated carbocycles. The van der Waals surface area contributed by atoms with Crippen molar-refractivity contribution < 1.29 is 14.3 Å². The molecule has 1 amide bonds. The number of rotatable bonds is 9. The van der Waals surface area contributed by atoms with Gasteiger partial charge in [0.1, 0.15) is 5.75 Å². The number of hydrogen-bond acceptors (Lipinski definition) is 4. The monoisotopic (exact) mass is 563 g/mol. The van der Waals surface area contributed by atoms with Gasteiger partial charge in [0.15, 0.2) is 0 Å². The van der Waals surface area contributed by atoms with Crippen LogP contribution in [0.2, 0.25) is 5.02 Å². The summed E-state index contributed by atoms with van der Waals surface area (Å²) in [6, 6.07) is 18.8. The number of ether oxygens (including phenoxy) is 2. The molecule has 5 rings (SSSR count). The Morgan fingerprint density at radius 1 is 1.00 bits per heavy atom. The average Bonchev–Trinajstić information content (AvgIpc) is 3.22. The van der Waals surface area contributed by atoms with Crippen LogP contribution >= 0.6 is 11.6 Å². The number of aromatic nitrogens is 1. The lowest BCUT2D eigenvalue weighted by molar-refractivity contribution is -0.139. The number of hydrogen-bond donors (Lipinski definition) is 0. The predicted octanol–water partition coefficient (Wildman–Crippen LogP) is 6.03. The summed E-state index contributed by atoms with van der Waals surface area (Å²) in [6.07, 6.45) is 2.50. The molecule has 0 N–H and O–H groups in total. The van der Waals surface area contributed by atoms with Gasteiger partial charge in [0, 0.05) is 61.0 Å². The number of likely N-dealkylation sites (tertiary alicyclic amines) is 1. The summed E-state index contributed by atoms with van der Waals surface area (Å²) in [4.78, 5) is 18.0. The van der Waals surface area contributed by atoms with Gasteiger partial charge in [-0.2, -0.15) is 0 Å². The zero-order valence-electron chi connectivity index (χ0n) is 24.1. The molecule has 40 heavy (non-hydrogen) atoms. The van der Waals surface area contributed by atoms with Crippen molar-refractivity contribution in [2.45, 2.75) is 53.1 Å². The Bertz CT molecular complexity index is 1300. The van der Waals surface area contributed by atoms with Gasteiger partial charge in [-0.3, -0.25) is 9.69 Å². The fraction of sp³-hybridized carbons (Fsp3) is 0.485. The third kappa shape index (κ3) is 6.91. The molecule has 2 saturated heterocycles. The van der Waals surface area contributed by atoms with E-state index < -0.39 is 0 Å². The molecule has 0 radical (unpaired) electrons. The Kier molecular flexibility index (Phi) is 9.19. The van der Waals surface area contributed by atoms with E-state index >= 15 is 0 Å². The van der Waals surface area contributed by atoms with Crippen molar-refractivity contribution in [2.24, 2.45) is 5.41 Å². The standard InChI is InChI=1S/C33H42ClN3O3/c1-25-18-30(10-11-31(25)34)40-24-33(20-32(38)36-14-16-39-17-15-36)12-7-13-35(23-33)22-29-19-26(2)37(27(29)3)21-28-8-5-4-6-9-28/h4-6,8-11,18-19H,7,12-17,20-24H2,1-3H3. The summed E-state index contributed by atoms with van der Waals surface area (Å²) in [6.45, 7) is 13.1. The van der Waals surface area contributed by atoms with Gasteiger partial charge in [-0.1, -0.05) is 41.9 Å². The van der Waals surface area contributed by atoms with Crippen molar-refractivity contribution >= 4 is 17.5 Å². The second kappa shape index (κ2) is 12.8. The molecule has 3 heterocycles. The van der Waals surface area contributed by atoms with Crippen LogP contribution in [0.4, 0.5) is 0 Å². The predicted molar refractivity (Wildman–Crippen MR) is 160 cm³/mol. The molecular formula is C33H42ClN3O3. The molecule has 0 aliphatic carbocycles. The van der Waals surface area contributed by atoms with E-state index in [-0.39, 0.29) is 11.3 Å². The van der Waals surface area contributed by atoms with Crippen molar-refractivity contribution in [3.63, 3.8) is 0 Å². The zero-order chi connectivity index (χ0) is 28.1. The van der Waals surface area contributed by atoms with Crippen LogP contribution in [0, 0.1) is 26.2 Å². The van der Waals surface area contributed by atoms with Crippen LogP contribution in [-0.4, -0.2) is 66.3 Å². The van der Waals surface area contributed by atoms with Crippen molar-refractivity contribution in [3.8, 4) is 5.75 Å². The maximum Gasteiger partial charge on any atom is 0.223 e. The summed E-state index contributed by atoms with van der Waals surface area (Å²) >= 11 is 6.25. The number of morpholine rings is 1. The SMILES string of the molecule is Cc1cc(OCC2(CC(=O)N3CCOCC3)CCCN(Cc3cc(C)n(Cc4ccccc4)c3C)C2)ccc1Cl. The minimum absolute atomic E-state index is 0.210. The highest BCUT2D eigenvalue weighted by atomic mass is 35.5. The molecule has 1 atom stereocenters. The van der Waals surface area contributed by atoms with E-state index in [2.05, 4.69) is 59.7 Å². The van der Waals surface area contributed by atoms with Crippen LogP contribution in [0.5, 0.6) is 5.75 Å². The first kappa shape index (κ1) is 28.7. The summed E-state index contributed by atoms with van der Waals surface area (Å²) in [5.74, 6) is 1.02. The Morgan fingerprint density at radius 3 is 2.52 bits per heavy atom. The van der Waals surface area contributed by atoms with Crippen LogP contribution in [0.1, 0.15) is 47.3 Å². The highest BCUT2D eigenvalue weighted by Gasteiger charge is 2.40. The Morgan fingerprint density at radius 2 is 1.77 bits per heavy atom. The molecule has 1 aromatic heterocycles. The van der Waals surface area contributed by atoms with Crippen LogP contribution in [0.15, 0.2) is 54.6 Å². The van der Waals surface area contributed by atoms with Gasteiger partial charge in [-0.05, 0) is 81.1 Å². The second-order valence-electron chi connectivity index (χ2n) is 11.7. The van der Waals surface area contributed by atoms with Crippen molar-refractivity contribution in [1.29, 1.82) is 0 Å². The Hall–Kier alpha value is -2.80. The summed E-state index contributed by atoms with van der Waals surface area (Å²) < 4.78 is 14.3. The molecule has 214 valence electrons. The number of piperidine rings is 1. The van der Waals surface area contributed by atoms with Crippen LogP contribution in [0.25, 0.3) is 0 Å². The molecule has 0 spiro atoms. The average molecular weight is 564 g/mol. The van der Waals surface area contributed by atoms with E-state index in [1.54, 1.807) is 0 Å². The van der Waals surface area contributed by atoms with Gasteiger partial charge in [-0.15, -0.1) is 0 Å². The van der Waals surface area contributed by atoms with Gasteiger partial charge in [0.25, 0.3) is 0 Å². The number of benzene rings is 2. The minimum atomic E-state index is -0.253. The van der Waals surface area contributed by atoms with Gasteiger partial charge in [-0.25, -0.2) is 0 Å². The lowest BCUT2D eigenvalue weighted by Crippen LogP contribution is -2.50. The molecule has 1 unspecified atom stereocenters. The van der Waals surface area contributed by atoms with E-state index in [4.69, 9.17) is 21.1 Å². The highest BCUT2D eigenvalue weighted by Crippen LogP contribution is 2.37. The normalized spacial score (nSPS) is 20.1. The van der Waals surface area contributed by atoms with E-state index in [0.29, 0.717) is 39.3 Å². The third-order valence-electron chi connectivity index (χ3n) is 8.56. The van der Waals surface area contributed by atoms with E-state index in [1.807, 2.05) is 30.0 Å². The number of carbonyl (C=O) groups excluding carboxylic acids is 1. The van der Waals surface area contributed by atoms with E-state index in [1.165, 1.54) is 22.5 Å².